The van der Waals surface area contributed by atoms with Crippen molar-refractivity contribution in [1.29, 1.82) is 0 Å². The number of carbonyl (C=O) groups is 1. The van der Waals surface area contributed by atoms with E-state index in [-0.39, 0.29) is 17.3 Å². The van der Waals surface area contributed by atoms with E-state index in [4.69, 9.17) is 16.3 Å². The molecule has 0 amide bonds. The van der Waals surface area contributed by atoms with Gasteiger partial charge in [-0.1, -0.05) is 31.5 Å². The molecule has 1 atom stereocenters. The highest BCUT2D eigenvalue weighted by Gasteiger charge is 2.37. The minimum Gasteiger partial charge on any atom is -0.503 e. The number of aldehydes is 1. The first-order valence-electron chi connectivity index (χ1n) is 9.86. The van der Waals surface area contributed by atoms with Crippen LogP contribution < -0.4 is 5.43 Å². The Kier molecular flexibility index (Phi) is 6.65. The van der Waals surface area contributed by atoms with E-state index in [1.165, 1.54) is 6.07 Å². The largest absolute Gasteiger partial charge is 0.503 e. The molecule has 1 aliphatic heterocycles. The first-order chi connectivity index (χ1) is 14.2. The Morgan fingerprint density at radius 2 is 2.17 bits per heavy atom. The fourth-order valence-electron chi connectivity index (χ4n) is 3.94. The lowest BCUT2D eigenvalue weighted by molar-refractivity contribution is 0.0484. The fourth-order valence-corrected chi connectivity index (χ4v) is 4.15. The summed E-state index contributed by atoms with van der Waals surface area (Å²) in [6.07, 6.45) is 1.18. The van der Waals surface area contributed by atoms with Crippen molar-refractivity contribution < 1.29 is 19.0 Å². The lowest BCUT2D eigenvalue weighted by Gasteiger charge is -2.36. The number of likely N-dealkylation sites (N-methyl/N-ethyl adjacent to an activating group) is 1. The zero-order valence-electron chi connectivity index (χ0n) is 17.4. The number of ether oxygens (including phenoxy) is 1. The van der Waals surface area contributed by atoms with Gasteiger partial charge >= 0.3 is 0 Å². The molecule has 3 rings (SSSR count). The fraction of sp³-hybridized carbons (Fsp3) is 0.455. The van der Waals surface area contributed by atoms with E-state index in [1.807, 2.05) is 25.8 Å². The summed E-state index contributed by atoms with van der Waals surface area (Å²) in [5.41, 5.74) is 0.945. The minimum absolute atomic E-state index is 0.0408. The number of nitrogens with zero attached hydrogens (tertiary/aromatic N) is 2. The highest BCUT2D eigenvalue weighted by Crippen LogP contribution is 2.35. The Bertz CT molecular complexity index is 1020. The summed E-state index contributed by atoms with van der Waals surface area (Å²) in [5.74, 6) is -0.980. The number of halogens is 2. The summed E-state index contributed by atoms with van der Waals surface area (Å²) in [5, 5.41) is 10.5. The van der Waals surface area contributed by atoms with Gasteiger partial charge in [0, 0.05) is 30.6 Å². The van der Waals surface area contributed by atoms with Crippen molar-refractivity contribution in [2.45, 2.75) is 45.4 Å². The van der Waals surface area contributed by atoms with Gasteiger partial charge < -0.3 is 19.3 Å². The summed E-state index contributed by atoms with van der Waals surface area (Å²) < 4.78 is 20.8. The van der Waals surface area contributed by atoms with E-state index < -0.39 is 22.4 Å². The van der Waals surface area contributed by atoms with Gasteiger partial charge in [0.15, 0.2) is 12.0 Å². The molecule has 0 saturated carbocycles. The van der Waals surface area contributed by atoms with Gasteiger partial charge in [-0.05, 0) is 31.2 Å². The maximum atomic E-state index is 13.4. The molecule has 0 saturated heterocycles. The number of pyridine rings is 1. The zero-order chi connectivity index (χ0) is 22.1. The van der Waals surface area contributed by atoms with E-state index in [1.54, 1.807) is 16.7 Å². The van der Waals surface area contributed by atoms with Crippen LogP contribution in [0.2, 0.25) is 5.02 Å². The molecule has 1 aromatic carbocycles. The highest BCUT2D eigenvalue weighted by atomic mass is 35.5. The summed E-state index contributed by atoms with van der Waals surface area (Å²) >= 11 is 5.85. The molecule has 2 heterocycles. The SMILES string of the molecule is CCC1(C)COCc2c1c(=O)c(O)c(C=O)n2CCN(C)Cc1ccc(F)c(Cl)c1. The van der Waals surface area contributed by atoms with Crippen molar-refractivity contribution in [3.8, 4) is 5.75 Å². The van der Waals surface area contributed by atoms with Crippen molar-refractivity contribution in [2.24, 2.45) is 0 Å². The number of fused-ring (bicyclic) bond motifs is 1. The van der Waals surface area contributed by atoms with E-state index in [2.05, 4.69) is 0 Å². The molecule has 0 radical (unpaired) electrons. The quantitative estimate of drug-likeness (QED) is 0.673. The lowest BCUT2D eigenvalue weighted by Crippen LogP contribution is -2.41. The monoisotopic (exact) mass is 436 g/mol. The average Bonchev–Trinajstić information content (AvgIpc) is 2.72. The summed E-state index contributed by atoms with van der Waals surface area (Å²) in [4.78, 5) is 26.5. The standard InChI is InChI=1S/C22H26ClFN2O4/c1-4-22(2)13-30-12-18-19(22)21(29)20(28)17(11-27)26(18)8-7-25(3)10-14-5-6-16(24)15(23)9-14/h5-6,9,11,28H,4,7-8,10,12-13H2,1-3H3. The van der Waals surface area contributed by atoms with Gasteiger partial charge in [0.25, 0.3) is 0 Å². The molecular formula is C22H26ClFN2O4. The summed E-state index contributed by atoms with van der Waals surface area (Å²) in [7, 11) is 1.89. The van der Waals surface area contributed by atoms with Crippen molar-refractivity contribution >= 4 is 17.9 Å². The molecule has 1 aromatic heterocycles. The Balaban J connectivity index is 1.91. The molecule has 30 heavy (non-hydrogen) atoms. The maximum Gasteiger partial charge on any atom is 0.228 e. The molecule has 1 N–H and O–H groups in total. The van der Waals surface area contributed by atoms with Crippen LogP contribution in [0.15, 0.2) is 23.0 Å². The number of aromatic nitrogens is 1. The van der Waals surface area contributed by atoms with Crippen LogP contribution in [0, 0.1) is 5.82 Å². The smallest absolute Gasteiger partial charge is 0.228 e. The first kappa shape index (κ1) is 22.5. The third-order valence-electron chi connectivity index (χ3n) is 5.89. The van der Waals surface area contributed by atoms with Gasteiger partial charge in [-0.15, -0.1) is 0 Å². The van der Waals surface area contributed by atoms with Gasteiger partial charge in [-0.3, -0.25) is 9.59 Å². The van der Waals surface area contributed by atoms with Crippen LogP contribution in [-0.4, -0.2) is 41.1 Å². The van der Waals surface area contributed by atoms with Gasteiger partial charge in [0.2, 0.25) is 5.43 Å². The van der Waals surface area contributed by atoms with Crippen LogP contribution >= 0.6 is 11.6 Å². The minimum atomic E-state index is -0.526. The van der Waals surface area contributed by atoms with E-state index >= 15 is 0 Å². The molecule has 6 nitrogen and oxygen atoms in total. The second-order valence-corrected chi connectivity index (χ2v) is 8.45. The van der Waals surface area contributed by atoms with E-state index in [0.717, 1.165) is 5.56 Å². The molecule has 8 heteroatoms. The van der Waals surface area contributed by atoms with Crippen molar-refractivity contribution in [1.82, 2.24) is 9.47 Å². The molecular weight excluding hydrogens is 411 g/mol. The number of benzene rings is 1. The van der Waals surface area contributed by atoms with Gasteiger partial charge in [0.05, 0.1) is 23.9 Å². The first-order valence-corrected chi connectivity index (χ1v) is 10.2. The van der Waals surface area contributed by atoms with Crippen LogP contribution in [-0.2, 0) is 29.8 Å². The van der Waals surface area contributed by atoms with Crippen molar-refractivity contribution in [3.05, 3.63) is 61.8 Å². The van der Waals surface area contributed by atoms with Crippen LogP contribution in [0.4, 0.5) is 4.39 Å². The predicted molar refractivity (Wildman–Crippen MR) is 113 cm³/mol. The topological polar surface area (TPSA) is 71.8 Å². The number of carbonyl (C=O) groups excluding carboxylic acids is 1. The van der Waals surface area contributed by atoms with Gasteiger partial charge in [-0.25, -0.2) is 4.39 Å². The third-order valence-corrected chi connectivity index (χ3v) is 6.18. The Labute approximate surface area is 179 Å². The average molecular weight is 437 g/mol. The number of hydrogen-bond acceptors (Lipinski definition) is 5. The molecule has 1 aliphatic rings. The highest BCUT2D eigenvalue weighted by molar-refractivity contribution is 6.30. The van der Waals surface area contributed by atoms with Crippen molar-refractivity contribution in [2.75, 3.05) is 20.2 Å². The second kappa shape index (κ2) is 8.88. The third kappa shape index (κ3) is 4.15. The molecule has 0 fully saturated rings. The van der Waals surface area contributed by atoms with Crippen LogP contribution in [0.1, 0.15) is 47.6 Å². The molecule has 162 valence electrons. The summed E-state index contributed by atoms with van der Waals surface area (Å²) in [6, 6.07) is 4.58. The Morgan fingerprint density at radius 3 is 2.80 bits per heavy atom. The van der Waals surface area contributed by atoms with Gasteiger partial charge in [0.1, 0.15) is 11.5 Å². The molecule has 0 bridgehead atoms. The Morgan fingerprint density at radius 1 is 1.43 bits per heavy atom. The van der Waals surface area contributed by atoms with Crippen LogP contribution in [0.25, 0.3) is 0 Å². The van der Waals surface area contributed by atoms with E-state index in [9.17, 15) is 19.1 Å². The predicted octanol–water partition coefficient (Wildman–Crippen LogP) is 3.49. The maximum absolute atomic E-state index is 13.4. The summed E-state index contributed by atoms with van der Waals surface area (Å²) in [6.45, 7) is 5.91. The van der Waals surface area contributed by atoms with E-state index in [0.29, 0.717) is 50.2 Å². The van der Waals surface area contributed by atoms with Gasteiger partial charge in [-0.2, -0.15) is 0 Å². The zero-order valence-corrected chi connectivity index (χ0v) is 18.1. The van der Waals surface area contributed by atoms with Crippen molar-refractivity contribution in [3.63, 3.8) is 0 Å². The molecule has 1 unspecified atom stereocenters. The molecule has 0 aliphatic carbocycles. The number of aromatic hydroxyl groups is 1. The molecule has 0 spiro atoms. The second-order valence-electron chi connectivity index (χ2n) is 8.05. The van der Waals surface area contributed by atoms with Crippen LogP contribution in [0.3, 0.4) is 0 Å². The number of rotatable bonds is 7. The molecule has 2 aromatic rings. The normalized spacial score (nSPS) is 18.5. The van der Waals surface area contributed by atoms with Crippen LogP contribution in [0.5, 0.6) is 5.75 Å². The lowest BCUT2D eigenvalue weighted by atomic mass is 9.78. The Hall–Kier alpha value is -2.22. The number of hydrogen-bond donors (Lipinski definition) is 1.